The molecular formula is C18H28F2IN3O2. The largest absolute Gasteiger partial charge is 0.469 e. The summed E-state index contributed by atoms with van der Waals surface area (Å²) in [6, 6.07) is 3.35. The number of halogens is 3. The molecule has 0 saturated carbocycles. The molecule has 0 aliphatic heterocycles. The van der Waals surface area contributed by atoms with Crippen molar-refractivity contribution in [1.29, 1.82) is 0 Å². The van der Waals surface area contributed by atoms with Crippen LogP contribution in [-0.2, 0) is 16.1 Å². The number of ether oxygens (including phenoxy) is 1. The van der Waals surface area contributed by atoms with Crippen LogP contribution < -0.4 is 10.6 Å². The van der Waals surface area contributed by atoms with Crippen LogP contribution in [0.15, 0.2) is 23.2 Å². The molecule has 0 radical (unpaired) electrons. The summed E-state index contributed by atoms with van der Waals surface area (Å²) in [6.45, 7) is 3.40. The second-order valence-electron chi connectivity index (χ2n) is 5.60. The van der Waals surface area contributed by atoms with E-state index in [4.69, 9.17) is 0 Å². The Morgan fingerprint density at radius 3 is 2.58 bits per heavy atom. The monoisotopic (exact) mass is 483 g/mol. The predicted molar refractivity (Wildman–Crippen MR) is 110 cm³/mol. The van der Waals surface area contributed by atoms with Crippen molar-refractivity contribution in [3.63, 3.8) is 0 Å². The van der Waals surface area contributed by atoms with Gasteiger partial charge in [-0.25, -0.2) is 13.8 Å². The van der Waals surface area contributed by atoms with Crippen LogP contribution in [0.1, 0.15) is 44.6 Å². The summed E-state index contributed by atoms with van der Waals surface area (Å²) in [7, 11) is 1.39. The topological polar surface area (TPSA) is 62.7 Å². The first-order valence-corrected chi connectivity index (χ1v) is 8.59. The van der Waals surface area contributed by atoms with Crippen LogP contribution in [0.2, 0.25) is 0 Å². The van der Waals surface area contributed by atoms with Crippen LogP contribution in [0.25, 0.3) is 0 Å². The lowest BCUT2D eigenvalue weighted by Crippen LogP contribution is -2.37. The fourth-order valence-electron chi connectivity index (χ4n) is 2.23. The first-order chi connectivity index (χ1) is 12.1. The fourth-order valence-corrected chi connectivity index (χ4v) is 2.23. The van der Waals surface area contributed by atoms with Crippen LogP contribution in [0, 0.1) is 11.6 Å². The van der Waals surface area contributed by atoms with Gasteiger partial charge in [0.15, 0.2) is 5.96 Å². The Morgan fingerprint density at radius 2 is 1.88 bits per heavy atom. The number of benzene rings is 1. The van der Waals surface area contributed by atoms with E-state index in [1.54, 1.807) is 0 Å². The Balaban J connectivity index is 0.00000625. The molecule has 0 aliphatic carbocycles. The van der Waals surface area contributed by atoms with E-state index < -0.39 is 11.6 Å². The standard InChI is InChI=1S/C18H27F2N3O2.HI/c1-3-21-18(22-11-7-5-4-6-8-17(24)25-2)23-13-14-12-15(19)9-10-16(14)20;/h9-10,12H,3-8,11,13H2,1-2H3,(H2,21,22,23);1H. The molecule has 148 valence electrons. The summed E-state index contributed by atoms with van der Waals surface area (Å²) in [5, 5.41) is 6.24. The molecule has 0 fully saturated rings. The lowest BCUT2D eigenvalue weighted by atomic mass is 10.1. The smallest absolute Gasteiger partial charge is 0.305 e. The Hall–Kier alpha value is -1.45. The lowest BCUT2D eigenvalue weighted by molar-refractivity contribution is -0.140. The van der Waals surface area contributed by atoms with Gasteiger partial charge in [-0.05, 0) is 38.0 Å². The van der Waals surface area contributed by atoms with Crippen molar-refractivity contribution < 1.29 is 18.3 Å². The van der Waals surface area contributed by atoms with Gasteiger partial charge in [-0.1, -0.05) is 12.8 Å². The highest BCUT2D eigenvalue weighted by Crippen LogP contribution is 2.10. The molecule has 0 saturated heterocycles. The molecule has 0 aliphatic rings. The highest BCUT2D eigenvalue weighted by molar-refractivity contribution is 14.0. The second-order valence-corrected chi connectivity index (χ2v) is 5.60. The van der Waals surface area contributed by atoms with Crippen molar-refractivity contribution in [2.45, 2.75) is 45.6 Å². The van der Waals surface area contributed by atoms with E-state index in [2.05, 4.69) is 20.4 Å². The molecule has 2 N–H and O–H groups in total. The van der Waals surface area contributed by atoms with Gasteiger partial charge in [-0.2, -0.15) is 0 Å². The van der Waals surface area contributed by atoms with Gasteiger partial charge in [-0.3, -0.25) is 4.79 Å². The molecule has 0 spiro atoms. The lowest BCUT2D eigenvalue weighted by Gasteiger charge is -2.11. The number of unbranched alkanes of at least 4 members (excludes halogenated alkanes) is 3. The van der Waals surface area contributed by atoms with Crippen molar-refractivity contribution in [2.24, 2.45) is 4.99 Å². The maximum atomic E-state index is 13.6. The summed E-state index contributed by atoms with van der Waals surface area (Å²) in [4.78, 5) is 15.3. The van der Waals surface area contributed by atoms with Crippen LogP contribution in [0.4, 0.5) is 8.78 Å². The first-order valence-electron chi connectivity index (χ1n) is 8.59. The summed E-state index contributed by atoms with van der Waals surface area (Å²) >= 11 is 0. The number of methoxy groups -OCH3 is 1. The molecule has 0 heterocycles. The Bertz CT molecular complexity index is 571. The zero-order chi connectivity index (χ0) is 18.5. The van der Waals surface area contributed by atoms with Crippen LogP contribution in [0.5, 0.6) is 0 Å². The van der Waals surface area contributed by atoms with Gasteiger partial charge in [-0.15, -0.1) is 24.0 Å². The third kappa shape index (κ3) is 10.5. The summed E-state index contributed by atoms with van der Waals surface area (Å²) in [6.07, 6.45) is 4.15. The maximum absolute atomic E-state index is 13.6. The number of guanidine groups is 1. The van der Waals surface area contributed by atoms with Crippen molar-refractivity contribution >= 4 is 35.9 Å². The van der Waals surface area contributed by atoms with Crippen LogP contribution in [-0.4, -0.2) is 32.1 Å². The molecule has 5 nitrogen and oxygen atoms in total. The van der Waals surface area contributed by atoms with Crippen molar-refractivity contribution in [1.82, 2.24) is 10.6 Å². The number of rotatable bonds is 10. The third-order valence-electron chi connectivity index (χ3n) is 3.59. The minimum Gasteiger partial charge on any atom is -0.469 e. The second kappa shape index (κ2) is 14.7. The number of hydrogen-bond donors (Lipinski definition) is 2. The highest BCUT2D eigenvalue weighted by atomic mass is 127. The quantitative estimate of drug-likeness (QED) is 0.175. The van der Waals surface area contributed by atoms with Crippen molar-refractivity contribution in [3.05, 3.63) is 35.4 Å². The Kier molecular flexibility index (Phi) is 13.9. The normalized spacial score (nSPS) is 10.8. The zero-order valence-electron chi connectivity index (χ0n) is 15.3. The van der Waals surface area contributed by atoms with E-state index in [1.807, 2.05) is 6.92 Å². The molecule has 1 rings (SSSR count). The number of carbonyl (C=O) groups excluding carboxylic acids is 1. The molecule has 0 amide bonds. The van der Waals surface area contributed by atoms with Gasteiger partial charge in [0.2, 0.25) is 0 Å². The minimum absolute atomic E-state index is 0. The van der Waals surface area contributed by atoms with Crippen molar-refractivity contribution in [3.8, 4) is 0 Å². The fraction of sp³-hybridized carbons (Fsp3) is 0.556. The number of nitrogens with one attached hydrogen (secondary N) is 2. The van der Waals surface area contributed by atoms with E-state index in [0.717, 1.165) is 50.4 Å². The number of aliphatic imine (C=N–C) groups is 1. The van der Waals surface area contributed by atoms with Crippen molar-refractivity contribution in [2.75, 3.05) is 20.2 Å². The van der Waals surface area contributed by atoms with Gasteiger partial charge in [0.05, 0.1) is 13.7 Å². The third-order valence-corrected chi connectivity index (χ3v) is 3.59. The molecular weight excluding hydrogens is 455 g/mol. The van der Waals surface area contributed by atoms with E-state index >= 15 is 0 Å². The molecule has 0 bridgehead atoms. The first kappa shape index (κ1) is 24.6. The predicted octanol–water partition coefficient (Wildman–Crippen LogP) is 3.76. The van der Waals surface area contributed by atoms with Gasteiger partial charge in [0.1, 0.15) is 11.6 Å². The molecule has 0 aromatic heterocycles. The van der Waals surface area contributed by atoms with E-state index in [0.29, 0.717) is 18.9 Å². The molecule has 0 unspecified atom stereocenters. The van der Waals surface area contributed by atoms with Crippen LogP contribution >= 0.6 is 24.0 Å². The Morgan fingerprint density at radius 1 is 1.15 bits per heavy atom. The molecule has 1 aromatic rings. The summed E-state index contributed by atoms with van der Waals surface area (Å²) in [5.41, 5.74) is 0.222. The number of esters is 1. The van der Waals surface area contributed by atoms with E-state index in [9.17, 15) is 13.6 Å². The van der Waals surface area contributed by atoms with E-state index in [-0.39, 0.29) is 42.1 Å². The zero-order valence-corrected chi connectivity index (χ0v) is 17.6. The highest BCUT2D eigenvalue weighted by Gasteiger charge is 2.04. The average Bonchev–Trinajstić information content (AvgIpc) is 2.60. The Labute approximate surface area is 171 Å². The summed E-state index contributed by atoms with van der Waals surface area (Å²) < 4.78 is 31.4. The van der Waals surface area contributed by atoms with Gasteiger partial charge in [0.25, 0.3) is 0 Å². The number of nitrogens with zero attached hydrogens (tertiary/aromatic N) is 1. The minimum atomic E-state index is -0.475. The number of carbonyl (C=O) groups is 1. The van der Waals surface area contributed by atoms with Gasteiger partial charge >= 0.3 is 5.97 Å². The molecule has 1 aromatic carbocycles. The van der Waals surface area contributed by atoms with Crippen LogP contribution in [0.3, 0.4) is 0 Å². The molecule has 8 heteroatoms. The van der Waals surface area contributed by atoms with Gasteiger partial charge in [0, 0.05) is 25.1 Å². The van der Waals surface area contributed by atoms with Gasteiger partial charge < -0.3 is 15.4 Å². The maximum Gasteiger partial charge on any atom is 0.305 e. The summed E-state index contributed by atoms with van der Waals surface area (Å²) in [5.74, 6) is -0.548. The SMILES string of the molecule is CCNC(=NCc1cc(F)ccc1F)NCCCCCCC(=O)OC.I. The average molecular weight is 483 g/mol. The van der Waals surface area contributed by atoms with E-state index in [1.165, 1.54) is 7.11 Å². The molecule has 0 atom stereocenters. The molecule has 26 heavy (non-hydrogen) atoms. The number of hydrogen-bond acceptors (Lipinski definition) is 3.